The standard InChI is InChI=1S/C35H41N3O/c1-6-35(7-2,29-20-18-26(3)19-21-29)23-32(39)30-24-36-38-33(30)37(25-27-14-10-8-11-15-27)31(22-34(38,4)5)28-16-12-9-13-17-28/h8-21,24,31H,6-7,22-23,25H2,1-5H3. The Kier molecular flexibility index (Phi) is 7.48. The van der Waals surface area contributed by atoms with Gasteiger partial charge < -0.3 is 4.90 Å². The topological polar surface area (TPSA) is 38.1 Å². The lowest BCUT2D eigenvalue weighted by Crippen LogP contribution is -2.45. The molecule has 3 aromatic carbocycles. The molecule has 1 unspecified atom stereocenters. The number of hydrogen-bond donors (Lipinski definition) is 0. The number of hydrogen-bond acceptors (Lipinski definition) is 3. The highest BCUT2D eigenvalue weighted by molar-refractivity contribution is 6.01. The molecule has 1 aliphatic rings. The van der Waals surface area contributed by atoms with Gasteiger partial charge in [0.25, 0.3) is 0 Å². The highest BCUT2D eigenvalue weighted by Crippen LogP contribution is 2.46. The molecule has 4 heteroatoms. The Labute approximate surface area is 233 Å². The zero-order valence-electron chi connectivity index (χ0n) is 24.0. The van der Waals surface area contributed by atoms with Crippen molar-refractivity contribution in [1.82, 2.24) is 9.78 Å². The van der Waals surface area contributed by atoms with Gasteiger partial charge in [0, 0.05) is 18.4 Å². The average Bonchev–Trinajstić information content (AvgIpc) is 3.42. The van der Waals surface area contributed by atoms with E-state index in [1.165, 1.54) is 22.3 Å². The van der Waals surface area contributed by atoms with Crippen LogP contribution in [-0.4, -0.2) is 15.6 Å². The molecule has 0 bridgehead atoms. The van der Waals surface area contributed by atoms with Gasteiger partial charge in [0.15, 0.2) is 5.78 Å². The minimum atomic E-state index is -0.231. The maximum Gasteiger partial charge on any atom is 0.169 e. The number of aryl methyl sites for hydroxylation is 1. The zero-order chi connectivity index (χ0) is 27.6. The molecule has 1 atom stereocenters. The largest absolute Gasteiger partial charge is 0.345 e. The van der Waals surface area contributed by atoms with E-state index in [4.69, 9.17) is 5.10 Å². The Balaban J connectivity index is 1.60. The fraction of sp³-hybridized carbons (Fsp3) is 0.371. The van der Waals surface area contributed by atoms with Crippen molar-refractivity contribution in [3.63, 3.8) is 0 Å². The van der Waals surface area contributed by atoms with Crippen molar-refractivity contribution in [2.75, 3.05) is 4.90 Å². The van der Waals surface area contributed by atoms with E-state index in [9.17, 15) is 4.79 Å². The van der Waals surface area contributed by atoms with Crippen LogP contribution in [0.3, 0.4) is 0 Å². The van der Waals surface area contributed by atoms with Gasteiger partial charge in [0.1, 0.15) is 5.82 Å². The van der Waals surface area contributed by atoms with E-state index >= 15 is 0 Å². The summed E-state index contributed by atoms with van der Waals surface area (Å²) in [5, 5.41) is 4.87. The molecule has 0 fully saturated rings. The Bertz CT molecular complexity index is 1400. The molecule has 1 aromatic heterocycles. The van der Waals surface area contributed by atoms with Gasteiger partial charge in [-0.15, -0.1) is 0 Å². The van der Waals surface area contributed by atoms with Crippen molar-refractivity contribution in [2.45, 2.75) is 83.8 Å². The van der Waals surface area contributed by atoms with Crippen LogP contribution in [0.15, 0.2) is 91.1 Å². The maximum absolute atomic E-state index is 14.3. The lowest BCUT2D eigenvalue weighted by Gasteiger charge is -2.46. The van der Waals surface area contributed by atoms with Crippen LogP contribution in [0.1, 0.15) is 92.0 Å². The van der Waals surface area contributed by atoms with E-state index < -0.39 is 0 Å². The van der Waals surface area contributed by atoms with Crippen LogP contribution in [0.2, 0.25) is 0 Å². The molecule has 1 aliphatic heterocycles. The Morgan fingerprint density at radius 1 is 0.923 bits per heavy atom. The van der Waals surface area contributed by atoms with Gasteiger partial charge in [0.05, 0.1) is 23.3 Å². The van der Waals surface area contributed by atoms with Crippen molar-refractivity contribution < 1.29 is 4.79 Å². The number of rotatable bonds is 9. The van der Waals surface area contributed by atoms with E-state index in [1.54, 1.807) is 0 Å². The fourth-order valence-corrected chi connectivity index (χ4v) is 6.33. The molecule has 0 radical (unpaired) electrons. The van der Waals surface area contributed by atoms with Crippen LogP contribution < -0.4 is 4.90 Å². The number of nitrogens with zero attached hydrogens (tertiary/aromatic N) is 3. The third-order valence-corrected chi connectivity index (χ3v) is 8.86. The number of carbonyl (C=O) groups is 1. The summed E-state index contributed by atoms with van der Waals surface area (Å²) in [7, 11) is 0. The normalized spacial score (nSPS) is 16.6. The van der Waals surface area contributed by atoms with E-state index in [-0.39, 0.29) is 22.8 Å². The molecule has 5 rings (SSSR count). The van der Waals surface area contributed by atoms with E-state index in [0.29, 0.717) is 13.0 Å². The van der Waals surface area contributed by atoms with Gasteiger partial charge in [-0.2, -0.15) is 5.10 Å². The molecule has 4 nitrogen and oxygen atoms in total. The van der Waals surface area contributed by atoms with Crippen LogP contribution in [0.5, 0.6) is 0 Å². The van der Waals surface area contributed by atoms with Gasteiger partial charge in [-0.25, -0.2) is 4.68 Å². The number of anilines is 1. The second-order valence-electron chi connectivity index (χ2n) is 11.8. The zero-order valence-corrected chi connectivity index (χ0v) is 24.0. The number of carbonyl (C=O) groups excluding carboxylic acids is 1. The van der Waals surface area contributed by atoms with Gasteiger partial charge in [-0.1, -0.05) is 104 Å². The van der Waals surface area contributed by atoms with Crippen molar-refractivity contribution in [1.29, 1.82) is 0 Å². The molecule has 0 saturated carbocycles. The van der Waals surface area contributed by atoms with Crippen molar-refractivity contribution >= 4 is 11.6 Å². The predicted molar refractivity (Wildman–Crippen MR) is 160 cm³/mol. The first kappa shape index (κ1) is 26.9. The van der Waals surface area contributed by atoms with Crippen LogP contribution in [0.4, 0.5) is 5.82 Å². The van der Waals surface area contributed by atoms with Crippen molar-refractivity contribution in [3.8, 4) is 0 Å². The van der Waals surface area contributed by atoms with Crippen LogP contribution >= 0.6 is 0 Å². The van der Waals surface area contributed by atoms with Gasteiger partial charge in [0.2, 0.25) is 0 Å². The monoisotopic (exact) mass is 519 g/mol. The molecule has 39 heavy (non-hydrogen) atoms. The number of benzene rings is 3. The second kappa shape index (κ2) is 10.8. The average molecular weight is 520 g/mol. The molecule has 0 N–H and O–H groups in total. The summed E-state index contributed by atoms with van der Waals surface area (Å²) in [6.45, 7) is 11.7. The summed E-state index contributed by atoms with van der Waals surface area (Å²) < 4.78 is 2.11. The van der Waals surface area contributed by atoms with Gasteiger partial charge in [-0.3, -0.25) is 4.79 Å². The first-order valence-electron chi connectivity index (χ1n) is 14.3. The smallest absolute Gasteiger partial charge is 0.169 e. The second-order valence-corrected chi connectivity index (χ2v) is 11.8. The number of aromatic nitrogens is 2. The molecular weight excluding hydrogens is 478 g/mol. The van der Waals surface area contributed by atoms with E-state index in [2.05, 4.69) is 129 Å². The first-order chi connectivity index (χ1) is 18.8. The van der Waals surface area contributed by atoms with Crippen LogP contribution in [-0.2, 0) is 17.5 Å². The minimum absolute atomic E-state index is 0.136. The van der Waals surface area contributed by atoms with Crippen molar-refractivity contribution in [3.05, 3.63) is 119 Å². The fourth-order valence-electron chi connectivity index (χ4n) is 6.33. The number of ketones is 1. The molecule has 0 saturated heterocycles. The van der Waals surface area contributed by atoms with Crippen LogP contribution in [0, 0.1) is 6.92 Å². The molecule has 0 aliphatic carbocycles. The predicted octanol–water partition coefficient (Wildman–Crippen LogP) is 8.41. The highest BCUT2D eigenvalue weighted by Gasteiger charge is 2.42. The van der Waals surface area contributed by atoms with Gasteiger partial charge in [-0.05, 0) is 56.7 Å². The number of fused-ring (bicyclic) bond motifs is 1. The molecule has 202 valence electrons. The quantitative estimate of drug-likeness (QED) is 0.208. The molecule has 2 heterocycles. The first-order valence-corrected chi connectivity index (χ1v) is 14.3. The lowest BCUT2D eigenvalue weighted by atomic mass is 9.71. The summed E-state index contributed by atoms with van der Waals surface area (Å²) in [6, 6.07) is 30.1. The van der Waals surface area contributed by atoms with Gasteiger partial charge >= 0.3 is 0 Å². The summed E-state index contributed by atoms with van der Waals surface area (Å²) in [4.78, 5) is 16.7. The summed E-state index contributed by atoms with van der Waals surface area (Å²) in [6.07, 6.45) is 5.03. The molecular formula is C35H41N3O. The van der Waals surface area contributed by atoms with Crippen molar-refractivity contribution in [2.24, 2.45) is 0 Å². The SMILES string of the molecule is CCC(CC)(CC(=O)c1cnn2c1N(Cc1ccccc1)C(c1ccccc1)CC2(C)C)c1ccc(C)cc1. The lowest BCUT2D eigenvalue weighted by molar-refractivity contribution is 0.0943. The molecule has 4 aromatic rings. The van der Waals surface area contributed by atoms with Crippen LogP contribution in [0.25, 0.3) is 0 Å². The highest BCUT2D eigenvalue weighted by atomic mass is 16.1. The third-order valence-electron chi connectivity index (χ3n) is 8.86. The minimum Gasteiger partial charge on any atom is -0.345 e. The third kappa shape index (κ3) is 5.17. The number of Topliss-reactive ketones (excluding diaryl/α,β-unsaturated/α-hetero) is 1. The Morgan fingerprint density at radius 2 is 1.54 bits per heavy atom. The van der Waals surface area contributed by atoms with E-state index in [0.717, 1.165) is 30.6 Å². The Hall–Kier alpha value is -3.66. The Morgan fingerprint density at radius 3 is 2.15 bits per heavy atom. The summed E-state index contributed by atoms with van der Waals surface area (Å²) >= 11 is 0. The summed E-state index contributed by atoms with van der Waals surface area (Å²) in [5.74, 6) is 1.11. The molecule has 0 spiro atoms. The molecule has 0 amide bonds. The maximum atomic E-state index is 14.3. The van der Waals surface area contributed by atoms with E-state index in [1.807, 2.05) is 6.20 Å². The summed E-state index contributed by atoms with van der Waals surface area (Å²) in [5.41, 5.74) is 5.28.